The highest BCUT2D eigenvalue weighted by molar-refractivity contribution is 7.92. The van der Waals surface area contributed by atoms with Crippen molar-refractivity contribution in [3.05, 3.63) is 125 Å². The number of carbonyl (C=O) groups excluding carboxylic acids is 2. The van der Waals surface area contributed by atoms with Crippen LogP contribution in [0.3, 0.4) is 0 Å². The molecule has 0 atom stereocenters. The Balaban J connectivity index is 1.28. The first-order valence-corrected chi connectivity index (χ1v) is 14.6. The fraction of sp³-hybridized carbons (Fsp3) is 0.129. The van der Waals surface area contributed by atoms with Crippen LogP contribution < -0.4 is 19.8 Å². The number of carbonyl (C=O) groups is 2. The summed E-state index contributed by atoms with van der Waals surface area (Å²) in [5, 5.41) is 6.76. The third-order valence-electron chi connectivity index (χ3n) is 5.95. The lowest BCUT2D eigenvalue weighted by Crippen LogP contribution is -2.29. The number of aryl methyl sites for hydroxylation is 1. The van der Waals surface area contributed by atoms with Gasteiger partial charge in [0, 0.05) is 11.3 Å². The third kappa shape index (κ3) is 8.77. The van der Waals surface area contributed by atoms with E-state index in [0.29, 0.717) is 28.3 Å². The monoisotopic (exact) mass is 570 g/mol. The molecule has 4 rings (SSSR count). The number of rotatable bonds is 11. The Hall–Kier alpha value is -4.96. The molecule has 0 spiro atoms. The van der Waals surface area contributed by atoms with Crippen LogP contribution >= 0.6 is 0 Å². The standard InChI is InChI=1S/C31H30N4O5S/c1-23-8-14-27(15-9-23)33-30(36)22-40-29-18-10-24(11-19-29)20-32-34-31(37)26-12-16-28(17-13-26)35(41(2,38)39)21-25-6-4-3-5-7-25/h3-20H,21-22H2,1-2H3,(H,33,36)(H,34,37)/b32-20-. The molecule has 0 aliphatic carbocycles. The van der Waals surface area contributed by atoms with Gasteiger partial charge in [-0.25, -0.2) is 13.8 Å². The van der Waals surface area contributed by atoms with E-state index in [1.165, 1.54) is 10.5 Å². The van der Waals surface area contributed by atoms with Crippen LogP contribution in [0, 0.1) is 6.92 Å². The smallest absolute Gasteiger partial charge is 0.271 e. The van der Waals surface area contributed by atoms with E-state index in [2.05, 4.69) is 15.8 Å². The highest BCUT2D eigenvalue weighted by Gasteiger charge is 2.18. The van der Waals surface area contributed by atoms with Gasteiger partial charge in [0.2, 0.25) is 10.0 Å². The number of hydrogen-bond donors (Lipinski definition) is 2. The molecular formula is C31H30N4O5S. The molecule has 0 radical (unpaired) electrons. The lowest BCUT2D eigenvalue weighted by atomic mass is 10.2. The molecule has 0 bridgehead atoms. The Kier molecular flexibility index (Phi) is 9.49. The van der Waals surface area contributed by atoms with Crippen molar-refractivity contribution in [3.8, 4) is 5.75 Å². The molecule has 0 saturated carbocycles. The van der Waals surface area contributed by atoms with E-state index in [4.69, 9.17) is 4.74 Å². The van der Waals surface area contributed by atoms with Gasteiger partial charge in [-0.05, 0) is 78.7 Å². The SMILES string of the molecule is Cc1ccc(NC(=O)COc2ccc(/C=N\NC(=O)c3ccc(N(Cc4ccccc4)S(C)(=O)=O)cc3)cc2)cc1. The van der Waals surface area contributed by atoms with E-state index in [-0.39, 0.29) is 19.1 Å². The molecular weight excluding hydrogens is 540 g/mol. The second kappa shape index (κ2) is 13.4. The summed E-state index contributed by atoms with van der Waals surface area (Å²) in [4.78, 5) is 24.6. The number of hydrazone groups is 1. The largest absolute Gasteiger partial charge is 0.484 e. The van der Waals surface area contributed by atoms with E-state index in [1.807, 2.05) is 61.5 Å². The summed E-state index contributed by atoms with van der Waals surface area (Å²) in [6.07, 6.45) is 2.62. The zero-order chi connectivity index (χ0) is 29.2. The molecule has 210 valence electrons. The van der Waals surface area contributed by atoms with Crippen LogP contribution in [0.4, 0.5) is 11.4 Å². The summed E-state index contributed by atoms with van der Waals surface area (Å²) >= 11 is 0. The highest BCUT2D eigenvalue weighted by atomic mass is 32.2. The molecule has 0 heterocycles. The van der Waals surface area contributed by atoms with E-state index < -0.39 is 15.9 Å². The van der Waals surface area contributed by atoms with Crippen molar-refractivity contribution in [3.63, 3.8) is 0 Å². The summed E-state index contributed by atoms with van der Waals surface area (Å²) in [5.74, 6) is -0.197. The van der Waals surface area contributed by atoms with Crippen LogP contribution in [0.1, 0.15) is 27.0 Å². The molecule has 4 aromatic rings. The number of anilines is 2. The quantitative estimate of drug-likeness (QED) is 0.200. The van der Waals surface area contributed by atoms with Gasteiger partial charge in [0.1, 0.15) is 5.75 Å². The van der Waals surface area contributed by atoms with Gasteiger partial charge in [0.15, 0.2) is 6.61 Å². The summed E-state index contributed by atoms with van der Waals surface area (Å²) in [6.45, 7) is 2.02. The Morgan fingerprint density at radius 2 is 1.54 bits per heavy atom. The molecule has 9 nitrogen and oxygen atoms in total. The molecule has 4 aromatic carbocycles. The van der Waals surface area contributed by atoms with Crippen molar-refractivity contribution in [2.75, 3.05) is 22.5 Å². The van der Waals surface area contributed by atoms with Crippen molar-refractivity contribution < 1.29 is 22.7 Å². The molecule has 0 aliphatic rings. The minimum absolute atomic E-state index is 0.135. The van der Waals surface area contributed by atoms with Crippen LogP contribution in [-0.4, -0.2) is 39.3 Å². The minimum atomic E-state index is -3.54. The van der Waals surface area contributed by atoms with Crippen molar-refractivity contribution >= 4 is 39.4 Å². The first-order valence-electron chi connectivity index (χ1n) is 12.7. The molecule has 0 fully saturated rings. The third-order valence-corrected chi connectivity index (χ3v) is 7.09. The van der Waals surface area contributed by atoms with E-state index in [0.717, 1.165) is 17.4 Å². The zero-order valence-corrected chi connectivity index (χ0v) is 23.5. The molecule has 2 N–H and O–H groups in total. The summed E-state index contributed by atoms with van der Waals surface area (Å²) in [6, 6.07) is 29.9. The van der Waals surface area contributed by atoms with Crippen LogP contribution in [0.25, 0.3) is 0 Å². The van der Waals surface area contributed by atoms with E-state index in [9.17, 15) is 18.0 Å². The Labute approximate surface area is 239 Å². The Morgan fingerprint density at radius 3 is 2.17 bits per heavy atom. The van der Waals surface area contributed by atoms with Crippen molar-refractivity contribution in [2.45, 2.75) is 13.5 Å². The van der Waals surface area contributed by atoms with Gasteiger partial charge in [0.05, 0.1) is 24.7 Å². The van der Waals surface area contributed by atoms with Crippen molar-refractivity contribution in [1.82, 2.24) is 5.43 Å². The zero-order valence-electron chi connectivity index (χ0n) is 22.7. The number of hydrogen-bond acceptors (Lipinski definition) is 6. The second-order valence-electron chi connectivity index (χ2n) is 9.27. The fourth-order valence-corrected chi connectivity index (χ4v) is 4.68. The average Bonchev–Trinajstić information content (AvgIpc) is 2.97. The van der Waals surface area contributed by atoms with Gasteiger partial charge < -0.3 is 10.1 Å². The lowest BCUT2D eigenvalue weighted by molar-refractivity contribution is -0.118. The number of ether oxygens (including phenoxy) is 1. The van der Waals surface area contributed by atoms with Crippen LogP contribution in [-0.2, 0) is 21.4 Å². The normalized spacial score (nSPS) is 11.2. The summed E-state index contributed by atoms with van der Waals surface area (Å²) in [5.41, 5.74) is 6.60. The lowest BCUT2D eigenvalue weighted by Gasteiger charge is -2.22. The molecule has 0 saturated heterocycles. The average molecular weight is 571 g/mol. The van der Waals surface area contributed by atoms with Gasteiger partial charge in [-0.3, -0.25) is 13.9 Å². The topological polar surface area (TPSA) is 117 Å². The first kappa shape index (κ1) is 29.0. The predicted octanol–water partition coefficient (Wildman–Crippen LogP) is 4.74. The second-order valence-corrected chi connectivity index (χ2v) is 11.2. The fourth-order valence-electron chi connectivity index (χ4n) is 3.79. The summed E-state index contributed by atoms with van der Waals surface area (Å²) < 4.78 is 31.6. The molecule has 0 aromatic heterocycles. The van der Waals surface area contributed by atoms with Crippen molar-refractivity contribution in [2.24, 2.45) is 5.10 Å². The van der Waals surface area contributed by atoms with Gasteiger partial charge in [-0.2, -0.15) is 5.10 Å². The van der Waals surface area contributed by atoms with E-state index in [1.54, 1.807) is 48.5 Å². The summed E-state index contributed by atoms with van der Waals surface area (Å²) in [7, 11) is -3.54. The number of nitrogens with zero attached hydrogens (tertiary/aromatic N) is 2. The molecule has 10 heteroatoms. The Morgan fingerprint density at radius 1 is 0.878 bits per heavy atom. The minimum Gasteiger partial charge on any atom is -0.484 e. The number of nitrogens with one attached hydrogen (secondary N) is 2. The van der Waals surface area contributed by atoms with Gasteiger partial charge in [0.25, 0.3) is 11.8 Å². The maximum absolute atomic E-state index is 12.5. The van der Waals surface area contributed by atoms with Crippen molar-refractivity contribution in [1.29, 1.82) is 0 Å². The number of amides is 2. The maximum Gasteiger partial charge on any atom is 0.271 e. The van der Waals surface area contributed by atoms with Gasteiger partial charge in [-0.1, -0.05) is 48.0 Å². The molecule has 41 heavy (non-hydrogen) atoms. The predicted molar refractivity (Wildman–Crippen MR) is 161 cm³/mol. The molecule has 0 unspecified atom stereocenters. The molecule has 2 amide bonds. The number of benzene rings is 4. The maximum atomic E-state index is 12.5. The molecule has 0 aliphatic heterocycles. The van der Waals surface area contributed by atoms with Crippen LogP contribution in [0.2, 0.25) is 0 Å². The van der Waals surface area contributed by atoms with Crippen LogP contribution in [0.15, 0.2) is 108 Å². The number of sulfonamides is 1. The highest BCUT2D eigenvalue weighted by Crippen LogP contribution is 2.21. The van der Waals surface area contributed by atoms with Crippen LogP contribution in [0.5, 0.6) is 5.75 Å². The first-order chi connectivity index (χ1) is 19.7. The van der Waals surface area contributed by atoms with E-state index >= 15 is 0 Å². The van der Waals surface area contributed by atoms with Gasteiger partial charge in [-0.15, -0.1) is 0 Å². The Bertz CT molecular complexity index is 1600. The van der Waals surface area contributed by atoms with Gasteiger partial charge >= 0.3 is 0 Å².